The molecular formula is C24H27N3O2. The Balaban J connectivity index is 1.52. The van der Waals surface area contributed by atoms with Gasteiger partial charge in [-0.1, -0.05) is 18.2 Å². The van der Waals surface area contributed by atoms with Gasteiger partial charge < -0.3 is 19.5 Å². The van der Waals surface area contributed by atoms with E-state index in [0.29, 0.717) is 18.3 Å². The third kappa shape index (κ3) is 3.73. The van der Waals surface area contributed by atoms with E-state index in [-0.39, 0.29) is 5.91 Å². The van der Waals surface area contributed by atoms with E-state index in [4.69, 9.17) is 4.42 Å². The fourth-order valence-electron chi connectivity index (χ4n) is 4.14. The van der Waals surface area contributed by atoms with Crippen LogP contribution in [0.25, 0.3) is 0 Å². The minimum Gasteiger partial charge on any atom is -0.459 e. The lowest BCUT2D eigenvalue weighted by Crippen LogP contribution is -2.29. The average Bonchev–Trinajstić information content (AvgIpc) is 3.26. The third-order valence-electron chi connectivity index (χ3n) is 5.58. The van der Waals surface area contributed by atoms with Crippen LogP contribution >= 0.6 is 0 Å². The number of nitrogens with one attached hydrogen (secondary N) is 1. The molecule has 1 aliphatic rings. The van der Waals surface area contributed by atoms with Gasteiger partial charge in [0.15, 0.2) is 5.76 Å². The molecule has 1 aliphatic heterocycles. The number of carbonyl (C=O) groups excluding carboxylic acids is 1. The number of amides is 1. The van der Waals surface area contributed by atoms with Gasteiger partial charge in [-0.2, -0.15) is 0 Å². The van der Waals surface area contributed by atoms with Gasteiger partial charge in [0, 0.05) is 49.3 Å². The highest BCUT2D eigenvalue weighted by Gasteiger charge is 2.27. The Bertz CT molecular complexity index is 1040. The van der Waals surface area contributed by atoms with Crippen LogP contribution < -0.4 is 15.1 Å². The zero-order valence-electron chi connectivity index (χ0n) is 17.4. The quantitative estimate of drug-likeness (QED) is 0.677. The van der Waals surface area contributed by atoms with E-state index in [9.17, 15) is 4.79 Å². The van der Waals surface area contributed by atoms with Crippen LogP contribution in [0.4, 0.5) is 17.1 Å². The van der Waals surface area contributed by atoms with Crippen molar-refractivity contribution in [3.8, 4) is 0 Å². The molecule has 0 saturated heterocycles. The van der Waals surface area contributed by atoms with Gasteiger partial charge in [0.1, 0.15) is 0 Å². The molecule has 0 radical (unpaired) electrons. The van der Waals surface area contributed by atoms with Gasteiger partial charge in [-0.15, -0.1) is 0 Å². The van der Waals surface area contributed by atoms with E-state index in [1.165, 1.54) is 11.3 Å². The SMILES string of the molecule is Cc1cc(NC(=O)c2occc2CN2c3ccccc3C[C@@H]2C)ccc1N(C)C. The number of benzene rings is 2. The maximum absolute atomic E-state index is 12.9. The fraction of sp³-hybridized carbons (Fsp3) is 0.292. The van der Waals surface area contributed by atoms with Gasteiger partial charge in [0.05, 0.1) is 6.26 Å². The van der Waals surface area contributed by atoms with Crippen molar-refractivity contribution in [3.05, 3.63) is 77.2 Å². The number of anilines is 3. The van der Waals surface area contributed by atoms with E-state index in [1.807, 2.05) is 45.3 Å². The van der Waals surface area contributed by atoms with Crippen molar-refractivity contribution >= 4 is 23.0 Å². The molecule has 0 fully saturated rings. The maximum Gasteiger partial charge on any atom is 0.291 e. The zero-order chi connectivity index (χ0) is 20.5. The molecule has 1 atom stereocenters. The molecule has 1 aromatic heterocycles. The Morgan fingerprint density at radius 2 is 2.00 bits per heavy atom. The minimum atomic E-state index is -0.220. The maximum atomic E-state index is 12.9. The third-order valence-corrected chi connectivity index (χ3v) is 5.58. The number of furan rings is 1. The van der Waals surface area contributed by atoms with Gasteiger partial charge in [-0.05, 0) is 61.7 Å². The molecular weight excluding hydrogens is 362 g/mol. The molecule has 29 heavy (non-hydrogen) atoms. The number of rotatable bonds is 5. The molecule has 1 N–H and O–H groups in total. The predicted molar refractivity (Wildman–Crippen MR) is 118 cm³/mol. The Labute approximate surface area is 171 Å². The highest BCUT2D eigenvalue weighted by atomic mass is 16.3. The standard InChI is InChI=1S/C24H27N3O2/c1-16-13-20(9-10-21(16)26(3)4)25-24(28)23-19(11-12-29-23)15-27-17(2)14-18-7-5-6-8-22(18)27/h5-13,17H,14-15H2,1-4H3,(H,25,28)/t17-/m0/s1. The Morgan fingerprint density at radius 3 is 2.76 bits per heavy atom. The van der Waals surface area contributed by atoms with Crippen molar-refractivity contribution in [2.45, 2.75) is 32.9 Å². The summed E-state index contributed by atoms with van der Waals surface area (Å²) in [6.45, 7) is 4.90. The van der Waals surface area contributed by atoms with Crippen molar-refractivity contribution in [2.24, 2.45) is 0 Å². The van der Waals surface area contributed by atoms with Crippen LogP contribution in [0.2, 0.25) is 0 Å². The summed E-state index contributed by atoms with van der Waals surface area (Å²) in [4.78, 5) is 17.3. The van der Waals surface area contributed by atoms with Crippen LogP contribution in [0.5, 0.6) is 0 Å². The summed E-state index contributed by atoms with van der Waals surface area (Å²) in [5, 5.41) is 2.98. The molecule has 2 heterocycles. The number of fused-ring (bicyclic) bond motifs is 1. The average molecular weight is 389 g/mol. The molecule has 2 aromatic carbocycles. The molecule has 0 saturated carbocycles. The predicted octanol–water partition coefficient (Wildman–Crippen LogP) is 4.86. The molecule has 5 heteroatoms. The Morgan fingerprint density at radius 1 is 1.21 bits per heavy atom. The van der Waals surface area contributed by atoms with Crippen LogP contribution in [0.1, 0.15) is 34.2 Å². The molecule has 0 unspecified atom stereocenters. The zero-order valence-corrected chi connectivity index (χ0v) is 17.4. The number of para-hydroxylation sites is 1. The Hall–Kier alpha value is -3.21. The van der Waals surface area contributed by atoms with Gasteiger partial charge in [-0.25, -0.2) is 0 Å². The van der Waals surface area contributed by atoms with Gasteiger partial charge in [0.2, 0.25) is 0 Å². The van der Waals surface area contributed by atoms with Crippen LogP contribution in [0, 0.1) is 6.92 Å². The second kappa shape index (κ2) is 7.66. The van der Waals surface area contributed by atoms with E-state index < -0.39 is 0 Å². The van der Waals surface area contributed by atoms with Crippen molar-refractivity contribution in [2.75, 3.05) is 29.2 Å². The summed E-state index contributed by atoms with van der Waals surface area (Å²) in [7, 11) is 4.01. The highest BCUT2D eigenvalue weighted by Crippen LogP contribution is 2.33. The first-order chi connectivity index (χ1) is 13.9. The molecule has 1 amide bonds. The normalized spacial score (nSPS) is 15.3. The largest absolute Gasteiger partial charge is 0.459 e. The molecule has 0 spiro atoms. The van der Waals surface area contributed by atoms with E-state index >= 15 is 0 Å². The summed E-state index contributed by atoms with van der Waals surface area (Å²) < 4.78 is 5.58. The highest BCUT2D eigenvalue weighted by molar-refractivity contribution is 6.03. The first-order valence-corrected chi connectivity index (χ1v) is 9.94. The topological polar surface area (TPSA) is 48.7 Å². The minimum absolute atomic E-state index is 0.220. The molecule has 0 aliphatic carbocycles. The van der Waals surface area contributed by atoms with Crippen molar-refractivity contribution in [3.63, 3.8) is 0 Å². The van der Waals surface area contributed by atoms with Crippen molar-refractivity contribution < 1.29 is 9.21 Å². The number of hydrogen-bond donors (Lipinski definition) is 1. The van der Waals surface area contributed by atoms with Crippen LogP contribution in [-0.2, 0) is 13.0 Å². The summed E-state index contributed by atoms with van der Waals surface area (Å²) >= 11 is 0. The first kappa shape index (κ1) is 19.1. The summed E-state index contributed by atoms with van der Waals surface area (Å²) in [6.07, 6.45) is 2.62. The molecule has 5 nitrogen and oxygen atoms in total. The van der Waals surface area contributed by atoms with E-state index in [0.717, 1.165) is 28.9 Å². The van der Waals surface area contributed by atoms with Crippen LogP contribution in [-0.4, -0.2) is 26.0 Å². The Kier molecular flexibility index (Phi) is 5.05. The smallest absolute Gasteiger partial charge is 0.291 e. The molecule has 150 valence electrons. The van der Waals surface area contributed by atoms with Crippen molar-refractivity contribution in [1.29, 1.82) is 0 Å². The molecule has 4 rings (SSSR count). The second-order valence-electron chi connectivity index (χ2n) is 7.93. The number of aryl methyl sites for hydroxylation is 1. The lowest BCUT2D eigenvalue weighted by Gasteiger charge is -2.24. The summed E-state index contributed by atoms with van der Waals surface area (Å²) in [5.74, 6) is 0.151. The summed E-state index contributed by atoms with van der Waals surface area (Å²) in [5.41, 5.74) is 6.49. The fourth-order valence-corrected chi connectivity index (χ4v) is 4.14. The lowest BCUT2D eigenvalue weighted by molar-refractivity contribution is 0.0995. The number of hydrogen-bond acceptors (Lipinski definition) is 4. The number of carbonyl (C=O) groups is 1. The molecule has 0 bridgehead atoms. The number of nitrogens with zero attached hydrogens (tertiary/aromatic N) is 2. The molecule has 3 aromatic rings. The van der Waals surface area contributed by atoms with Gasteiger partial charge in [0.25, 0.3) is 5.91 Å². The monoisotopic (exact) mass is 389 g/mol. The second-order valence-corrected chi connectivity index (χ2v) is 7.93. The van der Waals surface area contributed by atoms with E-state index in [2.05, 4.69) is 46.3 Å². The van der Waals surface area contributed by atoms with E-state index in [1.54, 1.807) is 6.26 Å². The van der Waals surface area contributed by atoms with Crippen molar-refractivity contribution in [1.82, 2.24) is 0 Å². The first-order valence-electron chi connectivity index (χ1n) is 9.94. The summed E-state index contributed by atoms with van der Waals surface area (Å²) in [6, 6.07) is 16.7. The lowest BCUT2D eigenvalue weighted by atomic mass is 10.1. The van der Waals surface area contributed by atoms with Gasteiger partial charge in [-0.3, -0.25) is 4.79 Å². The van der Waals surface area contributed by atoms with Gasteiger partial charge >= 0.3 is 0 Å². The van der Waals surface area contributed by atoms with Crippen LogP contribution in [0.3, 0.4) is 0 Å². The van der Waals surface area contributed by atoms with Crippen LogP contribution in [0.15, 0.2) is 59.2 Å².